The van der Waals surface area contributed by atoms with Gasteiger partial charge >= 0.3 is 0 Å². The van der Waals surface area contributed by atoms with E-state index < -0.39 is 20.0 Å². The lowest BCUT2D eigenvalue weighted by molar-refractivity contribution is 0.346. The van der Waals surface area contributed by atoms with Crippen LogP contribution in [-0.4, -0.2) is 39.2 Å². The van der Waals surface area contributed by atoms with Crippen molar-refractivity contribution < 1.29 is 16.8 Å². The zero-order valence-electron chi connectivity index (χ0n) is 19.7. The van der Waals surface area contributed by atoms with Gasteiger partial charge in [0, 0.05) is 34.1 Å². The van der Waals surface area contributed by atoms with Crippen molar-refractivity contribution >= 4 is 60.8 Å². The predicted molar refractivity (Wildman–Crippen MR) is 144 cm³/mol. The van der Waals surface area contributed by atoms with Gasteiger partial charge in [-0.05, 0) is 80.3 Å². The number of sulfonamides is 2. The van der Waals surface area contributed by atoms with E-state index >= 15 is 0 Å². The number of hydrogen-bond donors (Lipinski definition) is 1. The second kappa shape index (κ2) is 10.9. The van der Waals surface area contributed by atoms with Crippen molar-refractivity contribution in [2.75, 3.05) is 17.8 Å². The Morgan fingerprint density at radius 1 is 0.889 bits per heavy atom. The Labute approximate surface area is 226 Å². The van der Waals surface area contributed by atoms with Crippen molar-refractivity contribution in [3.8, 4) is 0 Å². The summed E-state index contributed by atoms with van der Waals surface area (Å²) in [5, 5.41) is 0.402. The van der Waals surface area contributed by atoms with Gasteiger partial charge in [-0.2, -0.15) is 4.31 Å². The highest BCUT2D eigenvalue weighted by Crippen LogP contribution is 2.33. The number of aromatic nitrogens is 1. The Morgan fingerprint density at radius 3 is 2.19 bits per heavy atom. The quantitative estimate of drug-likeness (QED) is 0.358. The molecule has 4 rings (SSSR count). The molecule has 1 saturated heterocycles. The largest absolute Gasteiger partial charge is 0.264 e. The standard InChI is InChI=1S/C24H25Cl2N3O4S3/c1-16-12-23(21(26)14-20(16)25)35(30,31)28-24-13-17(2)22(15-27-24)34-18-6-8-19(9-7-18)36(32,33)29-10-4-3-5-11-29/h6-9,12-15H,3-5,10-11H2,1-2H3,(H,27,28). The highest BCUT2D eigenvalue weighted by atomic mass is 35.5. The molecule has 0 saturated carbocycles. The highest BCUT2D eigenvalue weighted by molar-refractivity contribution is 7.99. The van der Waals surface area contributed by atoms with Gasteiger partial charge in [-0.25, -0.2) is 21.8 Å². The molecule has 3 aromatic rings. The van der Waals surface area contributed by atoms with Crippen LogP contribution in [-0.2, 0) is 20.0 Å². The predicted octanol–water partition coefficient (Wildman–Crippen LogP) is 6.13. The first-order valence-electron chi connectivity index (χ1n) is 11.2. The fourth-order valence-corrected chi connectivity index (χ4v) is 8.00. The first-order valence-corrected chi connectivity index (χ1v) is 15.7. The maximum Gasteiger partial charge on any atom is 0.264 e. The third-order valence-electron chi connectivity index (χ3n) is 5.81. The molecule has 12 heteroatoms. The van der Waals surface area contributed by atoms with E-state index in [4.69, 9.17) is 23.2 Å². The van der Waals surface area contributed by atoms with Crippen molar-refractivity contribution in [2.45, 2.75) is 52.7 Å². The normalized spacial score (nSPS) is 15.1. The van der Waals surface area contributed by atoms with E-state index in [1.807, 2.05) is 6.92 Å². The maximum absolute atomic E-state index is 12.9. The first kappa shape index (κ1) is 27.2. The van der Waals surface area contributed by atoms with Crippen molar-refractivity contribution in [3.05, 3.63) is 69.8 Å². The van der Waals surface area contributed by atoms with Crippen LogP contribution in [0.4, 0.5) is 5.82 Å². The Morgan fingerprint density at radius 2 is 1.56 bits per heavy atom. The van der Waals surface area contributed by atoms with Crippen LogP contribution in [0.1, 0.15) is 30.4 Å². The van der Waals surface area contributed by atoms with Gasteiger partial charge in [-0.15, -0.1) is 0 Å². The molecule has 192 valence electrons. The van der Waals surface area contributed by atoms with Gasteiger partial charge in [0.15, 0.2) is 0 Å². The van der Waals surface area contributed by atoms with Gasteiger partial charge in [-0.3, -0.25) is 4.72 Å². The molecule has 1 aromatic heterocycles. The molecule has 0 spiro atoms. The Kier molecular flexibility index (Phi) is 8.23. The fourth-order valence-electron chi connectivity index (χ4n) is 3.80. The van der Waals surface area contributed by atoms with E-state index in [0.29, 0.717) is 23.7 Å². The van der Waals surface area contributed by atoms with Gasteiger partial charge in [0.1, 0.15) is 10.7 Å². The summed E-state index contributed by atoms with van der Waals surface area (Å²) in [4.78, 5) is 6.11. The number of piperidine rings is 1. The summed E-state index contributed by atoms with van der Waals surface area (Å²) in [6, 6.07) is 11.2. The monoisotopic (exact) mass is 585 g/mol. The molecule has 2 heterocycles. The van der Waals surface area contributed by atoms with Crippen molar-refractivity contribution in [1.82, 2.24) is 9.29 Å². The zero-order chi connectivity index (χ0) is 26.1. The number of aryl methyl sites for hydroxylation is 2. The van der Waals surface area contributed by atoms with Crippen LogP contribution in [0.5, 0.6) is 0 Å². The Balaban J connectivity index is 1.48. The first-order chi connectivity index (χ1) is 17.0. The Bertz CT molecular complexity index is 1490. The van der Waals surface area contributed by atoms with Crippen LogP contribution in [0, 0.1) is 13.8 Å². The van der Waals surface area contributed by atoms with Crippen molar-refractivity contribution in [1.29, 1.82) is 0 Å². The maximum atomic E-state index is 12.9. The van der Waals surface area contributed by atoms with Crippen LogP contribution in [0.25, 0.3) is 0 Å². The summed E-state index contributed by atoms with van der Waals surface area (Å²) in [7, 11) is -7.45. The van der Waals surface area contributed by atoms with Crippen LogP contribution in [0.15, 0.2) is 68.2 Å². The highest BCUT2D eigenvalue weighted by Gasteiger charge is 2.26. The number of anilines is 1. The van der Waals surface area contributed by atoms with Gasteiger partial charge in [-0.1, -0.05) is 41.4 Å². The molecule has 7 nitrogen and oxygen atoms in total. The third-order valence-corrected chi connectivity index (χ3v) is 11.1. The summed E-state index contributed by atoms with van der Waals surface area (Å²) in [5.74, 6) is 0.156. The molecule has 1 fully saturated rings. The van der Waals surface area contributed by atoms with Crippen LogP contribution in [0.3, 0.4) is 0 Å². The molecule has 0 aliphatic carbocycles. The number of pyridine rings is 1. The molecular weight excluding hydrogens is 561 g/mol. The van der Waals surface area contributed by atoms with Gasteiger partial charge in [0.2, 0.25) is 10.0 Å². The second-order valence-corrected chi connectivity index (χ2v) is 14.0. The van der Waals surface area contributed by atoms with Crippen LogP contribution < -0.4 is 4.72 Å². The molecule has 0 amide bonds. The van der Waals surface area contributed by atoms with E-state index in [2.05, 4.69) is 9.71 Å². The van der Waals surface area contributed by atoms with E-state index in [-0.39, 0.29) is 20.6 Å². The minimum Gasteiger partial charge on any atom is -0.263 e. The second-order valence-electron chi connectivity index (χ2n) is 8.51. The van der Waals surface area contributed by atoms with E-state index in [0.717, 1.165) is 34.6 Å². The molecular formula is C24H25Cl2N3O4S3. The molecule has 0 bridgehead atoms. The topological polar surface area (TPSA) is 96.4 Å². The van der Waals surface area contributed by atoms with Crippen LogP contribution >= 0.6 is 35.0 Å². The fraction of sp³-hybridized carbons (Fsp3) is 0.292. The summed E-state index contributed by atoms with van der Waals surface area (Å²) >= 11 is 13.5. The number of rotatable bonds is 7. The summed E-state index contributed by atoms with van der Waals surface area (Å²) in [6.07, 6.45) is 4.41. The SMILES string of the molecule is Cc1cc(S(=O)(=O)Nc2cc(C)c(Sc3ccc(S(=O)(=O)N4CCCCC4)cc3)cn2)c(Cl)cc1Cl. The number of nitrogens with zero attached hydrogens (tertiary/aromatic N) is 2. The third kappa shape index (κ3) is 6.00. The smallest absolute Gasteiger partial charge is 0.263 e. The number of hydrogen-bond acceptors (Lipinski definition) is 6. The van der Waals surface area contributed by atoms with Gasteiger partial charge in [0.05, 0.1) is 9.92 Å². The molecule has 0 atom stereocenters. The Hall–Kier alpha value is -1.82. The summed E-state index contributed by atoms with van der Waals surface area (Å²) < 4.78 is 55.5. The molecule has 1 N–H and O–H groups in total. The summed E-state index contributed by atoms with van der Waals surface area (Å²) in [5.41, 5.74) is 1.39. The van der Waals surface area contributed by atoms with Gasteiger partial charge in [0.25, 0.3) is 10.0 Å². The van der Waals surface area contributed by atoms with Crippen molar-refractivity contribution in [2.24, 2.45) is 0 Å². The zero-order valence-corrected chi connectivity index (χ0v) is 23.6. The lowest BCUT2D eigenvalue weighted by Gasteiger charge is -2.25. The van der Waals surface area contributed by atoms with E-state index in [1.54, 1.807) is 47.8 Å². The molecule has 2 aromatic carbocycles. The average molecular weight is 587 g/mol. The van der Waals surface area contributed by atoms with Crippen LogP contribution in [0.2, 0.25) is 10.0 Å². The lowest BCUT2D eigenvalue weighted by Crippen LogP contribution is -2.35. The van der Waals surface area contributed by atoms with E-state index in [1.165, 1.54) is 23.9 Å². The minimum atomic E-state index is -3.97. The average Bonchev–Trinajstić information content (AvgIpc) is 2.83. The number of halogens is 2. The number of benzene rings is 2. The molecule has 0 radical (unpaired) electrons. The molecule has 36 heavy (non-hydrogen) atoms. The summed E-state index contributed by atoms with van der Waals surface area (Å²) in [6.45, 7) is 4.66. The number of nitrogens with one attached hydrogen (secondary N) is 1. The minimum absolute atomic E-state index is 0.0211. The molecule has 1 aliphatic rings. The molecule has 0 unspecified atom stereocenters. The van der Waals surface area contributed by atoms with E-state index in [9.17, 15) is 16.8 Å². The van der Waals surface area contributed by atoms with Gasteiger partial charge < -0.3 is 0 Å². The lowest BCUT2D eigenvalue weighted by atomic mass is 10.2. The molecule has 1 aliphatic heterocycles. The van der Waals surface area contributed by atoms with Crippen molar-refractivity contribution in [3.63, 3.8) is 0 Å².